The molecule has 0 aromatic carbocycles. The van der Waals surface area contributed by atoms with Crippen LogP contribution in [0, 0.1) is 17.8 Å². The zero-order valence-electron chi connectivity index (χ0n) is 12.6. The SMILES string of the molecule is O=C(O[C@H]1C[C@H]2CC[C@H]1C2)[C@H]1CC(=O)N(C2CCCC2)C1. The van der Waals surface area contributed by atoms with Crippen LogP contribution in [0.2, 0.25) is 0 Å². The fraction of sp³-hybridized carbons (Fsp3) is 0.882. The van der Waals surface area contributed by atoms with Crippen LogP contribution in [0.25, 0.3) is 0 Å². The van der Waals surface area contributed by atoms with Crippen molar-refractivity contribution in [1.29, 1.82) is 0 Å². The maximum atomic E-state index is 12.4. The van der Waals surface area contributed by atoms with E-state index in [-0.39, 0.29) is 23.9 Å². The van der Waals surface area contributed by atoms with Gasteiger partial charge in [0.2, 0.25) is 5.91 Å². The number of ether oxygens (including phenoxy) is 1. The van der Waals surface area contributed by atoms with Crippen LogP contribution in [0.4, 0.5) is 0 Å². The van der Waals surface area contributed by atoms with E-state index in [1.54, 1.807) is 0 Å². The molecule has 0 aromatic heterocycles. The Labute approximate surface area is 126 Å². The molecule has 4 fully saturated rings. The highest BCUT2D eigenvalue weighted by Gasteiger charge is 2.44. The third-order valence-corrected chi connectivity index (χ3v) is 6.20. The Kier molecular flexibility index (Phi) is 3.43. The second-order valence-electron chi connectivity index (χ2n) is 7.54. The maximum Gasteiger partial charge on any atom is 0.311 e. The predicted molar refractivity (Wildman–Crippen MR) is 77.4 cm³/mol. The number of likely N-dealkylation sites (tertiary alicyclic amines) is 1. The van der Waals surface area contributed by atoms with Crippen LogP contribution in [0.5, 0.6) is 0 Å². The van der Waals surface area contributed by atoms with Gasteiger partial charge in [-0.1, -0.05) is 12.8 Å². The third-order valence-electron chi connectivity index (χ3n) is 6.20. The van der Waals surface area contributed by atoms with Gasteiger partial charge in [-0.15, -0.1) is 0 Å². The van der Waals surface area contributed by atoms with Gasteiger partial charge in [-0.3, -0.25) is 9.59 Å². The molecule has 116 valence electrons. The summed E-state index contributed by atoms with van der Waals surface area (Å²) in [5.74, 6) is 1.23. The summed E-state index contributed by atoms with van der Waals surface area (Å²) in [6.45, 7) is 0.600. The number of hydrogen-bond donors (Lipinski definition) is 0. The van der Waals surface area contributed by atoms with Gasteiger partial charge in [0.15, 0.2) is 0 Å². The predicted octanol–water partition coefficient (Wildman–Crippen LogP) is 2.51. The lowest BCUT2D eigenvalue weighted by Gasteiger charge is -2.25. The Hall–Kier alpha value is -1.06. The van der Waals surface area contributed by atoms with Crippen LogP contribution < -0.4 is 0 Å². The zero-order chi connectivity index (χ0) is 14.4. The lowest BCUT2D eigenvalue weighted by molar-refractivity contribution is -0.156. The standard InChI is InChI=1S/C17H25NO3/c19-16-9-13(10-18(16)14-3-1-2-4-14)17(20)21-15-8-11-5-6-12(15)7-11/h11-15H,1-10H2/t11-,12-,13-,15-/m0/s1. The van der Waals surface area contributed by atoms with Crippen molar-refractivity contribution in [3.8, 4) is 0 Å². The molecule has 0 spiro atoms. The molecule has 4 atom stereocenters. The first-order valence-corrected chi connectivity index (χ1v) is 8.70. The minimum atomic E-state index is -0.211. The third kappa shape index (κ3) is 2.47. The second-order valence-corrected chi connectivity index (χ2v) is 7.54. The van der Waals surface area contributed by atoms with Crippen LogP contribution in [-0.4, -0.2) is 35.5 Å². The zero-order valence-corrected chi connectivity index (χ0v) is 12.6. The van der Waals surface area contributed by atoms with Crippen molar-refractivity contribution in [3.05, 3.63) is 0 Å². The normalized spacial score (nSPS) is 39.4. The first kappa shape index (κ1) is 13.6. The molecule has 2 bridgehead atoms. The molecule has 4 heteroatoms. The van der Waals surface area contributed by atoms with Crippen molar-refractivity contribution in [2.75, 3.05) is 6.54 Å². The van der Waals surface area contributed by atoms with Gasteiger partial charge >= 0.3 is 5.97 Å². The molecule has 0 radical (unpaired) electrons. The van der Waals surface area contributed by atoms with Crippen LogP contribution in [0.3, 0.4) is 0 Å². The lowest BCUT2D eigenvalue weighted by Crippen LogP contribution is -2.35. The van der Waals surface area contributed by atoms with E-state index >= 15 is 0 Å². The van der Waals surface area contributed by atoms with Crippen molar-refractivity contribution in [3.63, 3.8) is 0 Å². The van der Waals surface area contributed by atoms with Crippen molar-refractivity contribution in [1.82, 2.24) is 4.90 Å². The molecule has 1 amide bonds. The quantitative estimate of drug-likeness (QED) is 0.751. The van der Waals surface area contributed by atoms with Gasteiger partial charge in [-0.05, 0) is 50.4 Å². The number of rotatable bonds is 3. The number of esters is 1. The topological polar surface area (TPSA) is 46.6 Å². The Bertz CT molecular complexity index is 443. The van der Waals surface area contributed by atoms with E-state index in [4.69, 9.17) is 4.74 Å². The Morgan fingerprint density at radius 2 is 1.90 bits per heavy atom. The van der Waals surface area contributed by atoms with Gasteiger partial charge in [-0.2, -0.15) is 0 Å². The van der Waals surface area contributed by atoms with E-state index in [0.29, 0.717) is 24.9 Å². The van der Waals surface area contributed by atoms with Gasteiger partial charge in [0.25, 0.3) is 0 Å². The highest BCUT2D eigenvalue weighted by Crippen LogP contribution is 2.46. The molecule has 4 nitrogen and oxygen atoms in total. The smallest absolute Gasteiger partial charge is 0.311 e. The van der Waals surface area contributed by atoms with Gasteiger partial charge in [0, 0.05) is 19.0 Å². The molecule has 1 aliphatic heterocycles. The van der Waals surface area contributed by atoms with Crippen molar-refractivity contribution in [2.45, 2.75) is 69.9 Å². The van der Waals surface area contributed by atoms with E-state index < -0.39 is 0 Å². The number of carbonyl (C=O) groups excluding carboxylic acids is 2. The first-order valence-electron chi connectivity index (χ1n) is 8.70. The van der Waals surface area contributed by atoms with Gasteiger partial charge in [-0.25, -0.2) is 0 Å². The van der Waals surface area contributed by atoms with E-state index in [0.717, 1.165) is 25.2 Å². The van der Waals surface area contributed by atoms with Gasteiger partial charge < -0.3 is 9.64 Å². The van der Waals surface area contributed by atoms with E-state index in [1.807, 2.05) is 4.90 Å². The maximum absolute atomic E-state index is 12.4. The second kappa shape index (κ2) is 5.29. The molecule has 1 saturated heterocycles. The number of carbonyl (C=O) groups is 2. The number of fused-ring (bicyclic) bond motifs is 2. The molecule has 0 aromatic rings. The van der Waals surface area contributed by atoms with E-state index in [9.17, 15) is 9.59 Å². The average molecular weight is 291 g/mol. The number of hydrogen-bond acceptors (Lipinski definition) is 3. The number of nitrogens with zero attached hydrogens (tertiary/aromatic N) is 1. The lowest BCUT2D eigenvalue weighted by atomic mass is 9.97. The molecular formula is C17H25NO3. The van der Waals surface area contributed by atoms with Gasteiger partial charge in [0.1, 0.15) is 6.10 Å². The number of amides is 1. The summed E-state index contributed by atoms with van der Waals surface area (Å²) in [4.78, 5) is 26.5. The van der Waals surface area contributed by atoms with E-state index in [1.165, 1.54) is 32.1 Å². The molecular weight excluding hydrogens is 266 g/mol. The molecule has 3 saturated carbocycles. The van der Waals surface area contributed by atoms with Gasteiger partial charge in [0.05, 0.1) is 5.92 Å². The fourth-order valence-corrected chi connectivity index (χ4v) is 5.03. The monoisotopic (exact) mass is 291 g/mol. The van der Waals surface area contributed by atoms with Crippen molar-refractivity contribution < 1.29 is 14.3 Å². The minimum Gasteiger partial charge on any atom is -0.462 e. The summed E-state index contributed by atoms with van der Waals surface area (Å²) >= 11 is 0. The summed E-state index contributed by atoms with van der Waals surface area (Å²) in [7, 11) is 0. The summed E-state index contributed by atoms with van der Waals surface area (Å²) in [5, 5.41) is 0. The van der Waals surface area contributed by atoms with E-state index in [2.05, 4.69) is 0 Å². The van der Waals surface area contributed by atoms with Crippen LogP contribution in [0.1, 0.15) is 57.8 Å². The molecule has 0 unspecified atom stereocenters. The summed E-state index contributed by atoms with van der Waals surface area (Å²) in [6.07, 6.45) is 10.0. The Morgan fingerprint density at radius 3 is 2.57 bits per heavy atom. The summed E-state index contributed by atoms with van der Waals surface area (Å²) < 4.78 is 5.77. The highest BCUT2D eigenvalue weighted by atomic mass is 16.5. The van der Waals surface area contributed by atoms with Crippen molar-refractivity contribution >= 4 is 11.9 Å². The molecule has 0 N–H and O–H groups in total. The highest BCUT2D eigenvalue weighted by molar-refractivity contribution is 5.87. The molecule has 4 aliphatic rings. The Balaban J connectivity index is 1.34. The largest absolute Gasteiger partial charge is 0.462 e. The van der Waals surface area contributed by atoms with Crippen LogP contribution in [0.15, 0.2) is 0 Å². The molecule has 3 aliphatic carbocycles. The molecule has 1 heterocycles. The summed E-state index contributed by atoms with van der Waals surface area (Å²) in [5.41, 5.74) is 0. The average Bonchev–Trinajstić information content (AvgIpc) is 3.22. The molecule has 4 rings (SSSR count). The van der Waals surface area contributed by atoms with Crippen LogP contribution in [-0.2, 0) is 14.3 Å². The van der Waals surface area contributed by atoms with Crippen LogP contribution >= 0.6 is 0 Å². The summed E-state index contributed by atoms with van der Waals surface area (Å²) in [6, 6.07) is 0.387. The molecule has 21 heavy (non-hydrogen) atoms. The fourth-order valence-electron chi connectivity index (χ4n) is 5.03. The first-order chi connectivity index (χ1) is 10.2. The minimum absolute atomic E-state index is 0.110. The van der Waals surface area contributed by atoms with Crippen molar-refractivity contribution in [2.24, 2.45) is 17.8 Å². The Morgan fingerprint density at radius 1 is 1.10 bits per heavy atom.